The number of amides is 3. The number of hydrogen-bond acceptors (Lipinski definition) is 5. The topological polar surface area (TPSA) is 67.9 Å². The predicted octanol–water partition coefficient (Wildman–Crippen LogP) is 5.17. The Morgan fingerprint density at radius 3 is 2.28 bits per heavy atom. The average molecular weight is 510 g/mol. The maximum absolute atomic E-state index is 12.6. The zero-order valence-electron chi connectivity index (χ0n) is 22.2. The molecule has 1 aliphatic heterocycles. The Morgan fingerprint density at radius 1 is 1.03 bits per heavy atom. The maximum Gasteiger partial charge on any atom is 0.319 e. The first-order chi connectivity index (χ1) is 17.3. The number of carbonyl (C=O) groups is 2. The smallest absolute Gasteiger partial charge is 0.319 e. The molecule has 1 heterocycles. The van der Waals surface area contributed by atoms with Gasteiger partial charge in [0.1, 0.15) is 0 Å². The van der Waals surface area contributed by atoms with Crippen molar-refractivity contribution >= 4 is 46.0 Å². The molecule has 2 aromatic carbocycles. The molecule has 0 aromatic heterocycles. The molecule has 4 fully saturated rings. The second-order valence-electron chi connectivity index (χ2n) is 11.0. The van der Waals surface area contributed by atoms with Gasteiger partial charge in [0.05, 0.1) is 5.41 Å². The van der Waals surface area contributed by atoms with E-state index < -0.39 is 0 Å². The fraction of sp³-hybridized carbons (Fsp3) is 0.571. The molecule has 1 saturated heterocycles. The van der Waals surface area contributed by atoms with Crippen molar-refractivity contribution in [2.24, 2.45) is 11.3 Å². The van der Waals surface area contributed by atoms with Crippen LogP contribution in [-0.2, 0) is 4.79 Å². The summed E-state index contributed by atoms with van der Waals surface area (Å²) in [7, 11) is 3.61. The molecule has 8 heteroatoms. The Bertz CT molecular complexity index is 1160. The van der Waals surface area contributed by atoms with Gasteiger partial charge in [-0.3, -0.25) is 9.52 Å². The number of fused-ring (bicyclic) bond motifs is 2. The Balaban J connectivity index is 0.00000130. The van der Waals surface area contributed by atoms with Crippen molar-refractivity contribution in [2.45, 2.75) is 56.9 Å². The molecule has 36 heavy (non-hydrogen) atoms. The Hall–Kier alpha value is -2.45. The number of hydrogen-bond donors (Lipinski definition) is 2. The van der Waals surface area contributed by atoms with E-state index in [0.29, 0.717) is 19.0 Å². The van der Waals surface area contributed by atoms with Gasteiger partial charge in [-0.05, 0) is 80.1 Å². The van der Waals surface area contributed by atoms with Crippen molar-refractivity contribution in [1.82, 2.24) is 14.5 Å². The minimum absolute atomic E-state index is 0.0366. The van der Waals surface area contributed by atoms with E-state index in [1.165, 1.54) is 28.8 Å². The fourth-order valence-electron chi connectivity index (χ4n) is 4.94. The highest BCUT2D eigenvalue weighted by Crippen LogP contribution is 2.75. The maximum atomic E-state index is 12.6. The van der Waals surface area contributed by atoms with E-state index in [1.54, 1.807) is 30.9 Å². The SMILES string of the molecule is CC.CN(C)C(=O)N1CCN(c2cc(SNC3(C)CC3)cc3cc(NC(=O)C45CC4C5)ccc23)CC1. The molecular weight excluding hydrogens is 470 g/mol. The average Bonchev–Trinajstić information content (AvgIpc) is 3.80. The number of nitrogens with zero attached hydrogens (tertiary/aromatic N) is 3. The minimum atomic E-state index is -0.0366. The number of anilines is 2. The predicted molar refractivity (Wildman–Crippen MR) is 149 cm³/mol. The molecule has 194 valence electrons. The van der Waals surface area contributed by atoms with Crippen molar-refractivity contribution in [3.8, 4) is 0 Å². The van der Waals surface area contributed by atoms with Gasteiger partial charge >= 0.3 is 6.03 Å². The highest BCUT2D eigenvalue weighted by atomic mass is 32.2. The van der Waals surface area contributed by atoms with Crippen LogP contribution in [0.3, 0.4) is 0 Å². The summed E-state index contributed by atoms with van der Waals surface area (Å²) in [4.78, 5) is 32.2. The summed E-state index contributed by atoms with van der Waals surface area (Å²) in [5, 5.41) is 5.48. The van der Waals surface area contributed by atoms with Gasteiger partial charge in [0.2, 0.25) is 5.91 Å². The van der Waals surface area contributed by atoms with E-state index in [0.717, 1.165) is 37.0 Å². The van der Waals surface area contributed by atoms with Crippen LogP contribution >= 0.6 is 11.9 Å². The van der Waals surface area contributed by atoms with E-state index in [9.17, 15) is 9.59 Å². The zero-order valence-corrected chi connectivity index (χ0v) is 23.0. The summed E-state index contributed by atoms with van der Waals surface area (Å²) in [6, 6.07) is 10.8. The normalized spacial score (nSPS) is 24.9. The van der Waals surface area contributed by atoms with Crippen LogP contribution in [0.5, 0.6) is 0 Å². The van der Waals surface area contributed by atoms with E-state index in [2.05, 4.69) is 46.1 Å². The van der Waals surface area contributed by atoms with Crippen molar-refractivity contribution in [3.05, 3.63) is 30.3 Å². The van der Waals surface area contributed by atoms with E-state index in [4.69, 9.17) is 0 Å². The molecule has 4 aliphatic rings. The Morgan fingerprint density at radius 2 is 1.69 bits per heavy atom. The van der Waals surface area contributed by atoms with Gasteiger partial charge in [0.25, 0.3) is 0 Å². The van der Waals surface area contributed by atoms with Gasteiger partial charge in [-0.15, -0.1) is 0 Å². The lowest BCUT2D eigenvalue weighted by Gasteiger charge is -2.37. The number of rotatable bonds is 6. The van der Waals surface area contributed by atoms with Gasteiger partial charge in [-0.2, -0.15) is 0 Å². The molecule has 7 nitrogen and oxygen atoms in total. The monoisotopic (exact) mass is 509 g/mol. The number of piperazine rings is 1. The van der Waals surface area contributed by atoms with Crippen molar-refractivity contribution < 1.29 is 9.59 Å². The third-order valence-electron chi connectivity index (χ3n) is 7.99. The molecule has 0 spiro atoms. The second kappa shape index (κ2) is 9.45. The highest BCUT2D eigenvalue weighted by Gasteiger charge is 2.74. The quantitative estimate of drug-likeness (QED) is 0.526. The molecule has 3 aliphatic carbocycles. The van der Waals surface area contributed by atoms with Crippen molar-refractivity contribution in [1.29, 1.82) is 0 Å². The van der Waals surface area contributed by atoms with Crippen LogP contribution < -0.4 is 14.9 Å². The highest BCUT2D eigenvalue weighted by molar-refractivity contribution is 7.97. The molecule has 2 aromatic rings. The van der Waals surface area contributed by atoms with Crippen molar-refractivity contribution in [3.63, 3.8) is 0 Å². The third-order valence-corrected chi connectivity index (χ3v) is 9.05. The zero-order chi connectivity index (χ0) is 25.7. The Kier molecular flexibility index (Phi) is 6.62. The number of carbonyl (C=O) groups excluding carboxylic acids is 2. The molecule has 0 bridgehead atoms. The summed E-state index contributed by atoms with van der Waals surface area (Å²) in [6.07, 6.45) is 4.54. The van der Waals surface area contributed by atoms with E-state index >= 15 is 0 Å². The van der Waals surface area contributed by atoms with Gasteiger partial charge in [-0.1, -0.05) is 19.9 Å². The lowest BCUT2D eigenvalue weighted by molar-refractivity contribution is -0.119. The molecule has 0 atom stereocenters. The molecule has 3 saturated carbocycles. The number of benzene rings is 2. The minimum Gasteiger partial charge on any atom is -0.367 e. The van der Waals surface area contributed by atoms with Gasteiger partial charge in [0.15, 0.2) is 0 Å². The lowest BCUT2D eigenvalue weighted by Crippen LogP contribution is -2.51. The Labute approximate surface area is 219 Å². The second-order valence-corrected chi connectivity index (χ2v) is 11.9. The largest absolute Gasteiger partial charge is 0.367 e. The summed E-state index contributed by atoms with van der Waals surface area (Å²) in [5.41, 5.74) is 2.27. The number of urea groups is 1. The van der Waals surface area contributed by atoms with Gasteiger partial charge in [-0.25, -0.2) is 4.79 Å². The summed E-state index contributed by atoms with van der Waals surface area (Å²) >= 11 is 1.70. The van der Waals surface area contributed by atoms with Crippen LogP contribution in [0.4, 0.5) is 16.2 Å². The van der Waals surface area contributed by atoms with Crippen LogP contribution in [0.15, 0.2) is 35.2 Å². The van der Waals surface area contributed by atoms with Crippen molar-refractivity contribution in [2.75, 3.05) is 50.5 Å². The van der Waals surface area contributed by atoms with Crippen LogP contribution in [-0.4, -0.2) is 67.6 Å². The summed E-state index contributed by atoms with van der Waals surface area (Å²) in [6.45, 7) is 9.29. The lowest BCUT2D eigenvalue weighted by atomic mass is 10.1. The first-order valence-corrected chi connectivity index (χ1v) is 14.1. The molecular formula is C28H39N5O2S. The first kappa shape index (κ1) is 25.2. The van der Waals surface area contributed by atoms with Crippen LogP contribution in [0.1, 0.15) is 46.5 Å². The summed E-state index contributed by atoms with van der Waals surface area (Å²) < 4.78 is 3.63. The first-order valence-electron chi connectivity index (χ1n) is 13.3. The third kappa shape index (κ3) is 4.90. The van der Waals surface area contributed by atoms with Gasteiger partial charge in [0, 0.05) is 67.5 Å². The molecule has 0 radical (unpaired) electrons. The van der Waals surface area contributed by atoms with Gasteiger partial charge < -0.3 is 20.0 Å². The van der Waals surface area contributed by atoms with E-state index in [1.807, 2.05) is 24.8 Å². The number of nitrogens with one attached hydrogen (secondary N) is 2. The molecule has 0 unspecified atom stereocenters. The van der Waals surface area contributed by atoms with Crippen LogP contribution in [0.2, 0.25) is 0 Å². The van der Waals surface area contributed by atoms with Crippen LogP contribution in [0.25, 0.3) is 10.8 Å². The molecule has 2 N–H and O–H groups in total. The molecule has 3 amide bonds. The summed E-state index contributed by atoms with van der Waals surface area (Å²) in [5.74, 6) is 0.822. The standard InChI is InChI=1S/C26H33N5O2S.C2H6/c1-25(6-7-25)28-34-20-13-17-12-19(27-23(32)26-15-18(26)16-26)4-5-21(17)22(14-20)30-8-10-31(11-9-30)24(33)29(2)3;1-2/h4-5,12-14,18,28H,6-11,15-16H2,1-3H3,(H,27,32);1-2H3. The van der Waals surface area contributed by atoms with Crippen LogP contribution in [0, 0.1) is 11.3 Å². The fourth-order valence-corrected chi connectivity index (χ4v) is 5.87. The van der Waals surface area contributed by atoms with E-state index in [-0.39, 0.29) is 22.9 Å². The molecule has 6 rings (SSSR count).